The number of anilines is 1. The van der Waals surface area contributed by atoms with Crippen molar-refractivity contribution < 1.29 is 9.18 Å². The highest BCUT2D eigenvalue weighted by molar-refractivity contribution is 5.93. The van der Waals surface area contributed by atoms with Crippen molar-refractivity contribution >= 4 is 11.7 Å². The number of carbonyl (C=O) groups is 1. The van der Waals surface area contributed by atoms with Crippen LogP contribution in [0.4, 0.5) is 10.2 Å². The summed E-state index contributed by atoms with van der Waals surface area (Å²) in [6, 6.07) is 16.8. The normalized spacial score (nSPS) is 11.8. The van der Waals surface area contributed by atoms with Gasteiger partial charge in [0.05, 0.1) is 11.7 Å². The fourth-order valence-corrected chi connectivity index (χ4v) is 2.45. The topological polar surface area (TPSA) is 80.9 Å². The van der Waals surface area contributed by atoms with Crippen LogP contribution in [0.15, 0.2) is 60.7 Å². The third-order valence-electron chi connectivity index (χ3n) is 3.84. The van der Waals surface area contributed by atoms with Gasteiger partial charge in [0.1, 0.15) is 11.6 Å². The summed E-state index contributed by atoms with van der Waals surface area (Å²) in [4.78, 5) is 11.3. The highest BCUT2D eigenvalue weighted by Crippen LogP contribution is 2.21. The predicted octanol–water partition coefficient (Wildman–Crippen LogP) is 3.55. The highest BCUT2D eigenvalue weighted by atomic mass is 19.1. The Morgan fingerprint density at radius 1 is 1.08 bits per heavy atom. The lowest BCUT2D eigenvalue weighted by atomic mass is 10.1. The van der Waals surface area contributed by atoms with Crippen molar-refractivity contribution in [3.63, 3.8) is 0 Å². The second-order valence-electron chi connectivity index (χ2n) is 5.67. The molecule has 0 spiro atoms. The second-order valence-corrected chi connectivity index (χ2v) is 5.67. The molecule has 1 heterocycles. The number of carbonyl (C=O) groups excluding carboxylic acids is 1. The number of hydrogen-bond donors (Lipinski definition) is 2. The molecule has 0 radical (unpaired) electrons. The van der Waals surface area contributed by atoms with E-state index in [-0.39, 0.29) is 11.9 Å². The zero-order chi connectivity index (χ0) is 17.8. The standard InChI is InChI=1S/C19H17FN4O/c1-12(13-5-7-16(20)8-6-13)22-18-10-9-17(23-24-18)14-3-2-4-15(11-14)19(21)25/h2-12H,1H3,(H2,21,25)(H,22,24). The summed E-state index contributed by atoms with van der Waals surface area (Å²) in [7, 11) is 0. The number of nitrogens with one attached hydrogen (secondary N) is 1. The third kappa shape index (κ3) is 3.98. The lowest BCUT2D eigenvalue weighted by molar-refractivity contribution is 0.100. The summed E-state index contributed by atoms with van der Waals surface area (Å²) < 4.78 is 13.0. The third-order valence-corrected chi connectivity index (χ3v) is 3.84. The molecule has 3 aromatic rings. The lowest BCUT2D eigenvalue weighted by Crippen LogP contribution is -2.10. The summed E-state index contributed by atoms with van der Waals surface area (Å²) in [5, 5.41) is 11.6. The van der Waals surface area contributed by atoms with Gasteiger partial charge in [-0.15, -0.1) is 10.2 Å². The largest absolute Gasteiger partial charge is 0.366 e. The summed E-state index contributed by atoms with van der Waals surface area (Å²) in [5.74, 6) is -0.147. The van der Waals surface area contributed by atoms with Gasteiger partial charge in [0.2, 0.25) is 5.91 Å². The number of primary amides is 1. The van der Waals surface area contributed by atoms with Crippen LogP contribution in [0.2, 0.25) is 0 Å². The Kier molecular flexibility index (Phi) is 4.70. The van der Waals surface area contributed by atoms with Crippen LogP contribution in [0.1, 0.15) is 28.9 Å². The SMILES string of the molecule is CC(Nc1ccc(-c2cccc(C(N)=O)c2)nn1)c1ccc(F)cc1. The molecule has 5 nitrogen and oxygen atoms in total. The van der Waals surface area contributed by atoms with Gasteiger partial charge in [-0.3, -0.25) is 4.79 Å². The number of amides is 1. The Morgan fingerprint density at radius 3 is 2.48 bits per heavy atom. The van der Waals surface area contributed by atoms with Gasteiger partial charge in [-0.25, -0.2) is 4.39 Å². The van der Waals surface area contributed by atoms with Crippen LogP contribution < -0.4 is 11.1 Å². The molecule has 0 aliphatic heterocycles. The van der Waals surface area contributed by atoms with E-state index in [1.165, 1.54) is 12.1 Å². The van der Waals surface area contributed by atoms with E-state index >= 15 is 0 Å². The molecule has 1 aromatic heterocycles. The van der Waals surface area contributed by atoms with Gasteiger partial charge in [0, 0.05) is 11.1 Å². The van der Waals surface area contributed by atoms with Crippen LogP contribution in [0.3, 0.4) is 0 Å². The molecule has 0 bridgehead atoms. The summed E-state index contributed by atoms with van der Waals surface area (Å²) in [5.41, 5.74) is 8.07. The Bertz CT molecular complexity index is 879. The molecule has 126 valence electrons. The number of benzene rings is 2. The highest BCUT2D eigenvalue weighted by Gasteiger charge is 2.08. The number of halogens is 1. The fourth-order valence-electron chi connectivity index (χ4n) is 2.45. The Balaban J connectivity index is 1.75. The molecule has 6 heteroatoms. The van der Waals surface area contributed by atoms with Gasteiger partial charge < -0.3 is 11.1 Å². The maximum atomic E-state index is 13.0. The number of nitrogens with two attached hydrogens (primary N) is 1. The molecule has 0 aliphatic carbocycles. The molecule has 3 rings (SSSR count). The zero-order valence-electron chi connectivity index (χ0n) is 13.6. The number of aromatic nitrogens is 2. The van der Waals surface area contributed by atoms with E-state index in [9.17, 15) is 9.18 Å². The van der Waals surface area contributed by atoms with Gasteiger partial charge in [-0.05, 0) is 48.9 Å². The van der Waals surface area contributed by atoms with Crippen LogP contribution >= 0.6 is 0 Å². The Labute approximate surface area is 144 Å². The monoisotopic (exact) mass is 336 g/mol. The average molecular weight is 336 g/mol. The van der Waals surface area contributed by atoms with Gasteiger partial charge in [0.15, 0.2) is 0 Å². The van der Waals surface area contributed by atoms with E-state index in [1.807, 2.05) is 19.1 Å². The van der Waals surface area contributed by atoms with E-state index in [0.29, 0.717) is 17.1 Å². The average Bonchev–Trinajstić information content (AvgIpc) is 2.63. The van der Waals surface area contributed by atoms with Crippen molar-refractivity contribution in [3.8, 4) is 11.3 Å². The quantitative estimate of drug-likeness (QED) is 0.746. The summed E-state index contributed by atoms with van der Waals surface area (Å²) in [6.45, 7) is 1.96. The molecular weight excluding hydrogens is 319 g/mol. The summed E-state index contributed by atoms with van der Waals surface area (Å²) in [6.07, 6.45) is 0. The van der Waals surface area contributed by atoms with E-state index in [4.69, 9.17) is 5.73 Å². The Hall–Kier alpha value is -3.28. The first-order valence-electron chi connectivity index (χ1n) is 7.79. The molecule has 0 saturated heterocycles. The van der Waals surface area contributed by atoms with Gasteiger partial charge in [-0.1, -0.05) is 24.3 Å². The van der Waals surface area contributed by atoms with E-state index in [0.717, 1.165) is 11.1 Å². The van der Waals surface area contributed by atoms with E-state index in [2.05, 4.69) is 15.5 Å². The van der Waals surface area contributed by atoms with Crippen molar-refractivity contribution in [1.82, 2.24) is 10.2 Å². The van der Waals surface area contributed by atoms with Crippen molar-refractivity contribution in [1.29, 1.82) is 0 Å². The number of rotatable bonds is 5. The first kappa shape index (κ1) is 16.6. The van der Waals surface area contributed by atoms with Crippen molar-refractivity contribution in [2.45, 2.75) is 13.0 Å². The smallest absolute Gasteiger partial charge is 0.248 e. The minimum atomic E-state index is -0.485. The van der Waals surface area contributed by atoms with E-state index in [1.54, 1.807) is 36.4 Å². The van der Waals surface area contributed by atoms with Gasteiger partial charge in [-0.2, -0.15) is 0 Å². The zero-order valence-corrected chi connectivity index (χ0v) is 13.6. The van der Waals surface area contributed by atoms with E-state index < -0.39 is 5.91 Å². The molecule has 25 heavy (non-hydrogen) atoms. The minimum Gasteiger partial charge on any atom is -0.366 e. The van der Waals surface area contributed by atoms with Crippen molar-refractivity contribution in [2.75, 3.05) is 5.32 Å². The van der Waals surface area contributed by atoms with Crippen molar-refractivity contribution in [2.24, 2.45) is 5.73 Å². The molecular formula is C19H17FN4O. The molecule has 1 atom stereocenters. The lowest BCUT2D eigenvalue weighted by Gasteiger charge is -2.14. The second kappa shape index (κ2) is 7.09. The van der Waals surface area contributed by atoms with Crippen LogP contribution in [-0.2, 0) is 0 Å². The molecule has 2 aromatic carbocycles. The molecule has 1 unspecified atom stereocenters. The van der Waals surface area contributed by atoms with Crippen LogP contribution in [-0.4, -0.2) is 16.1 Å². The molecule has 0 fully saturated rings. The summed E-state index contributed by atoms with van der Waals surface area (Å²) >= 11 is 0. The minimum absolute atomic E-state index is 0.0426. The van der Waals surface area contributed by atoms with Crippen LogP contribution in [0.5, 0.6) is 0 Å². The molecule has 3 N–H and O–H groups in total. The maximum absolute atomic E-state index is 13.0. The van der Waals surface area contributed by atoms with Crippen LogP contribution in [0.25, 0.3) is 11.3 Å². The van der Waals surface area contributed by atoms with Crippen LogP contribution in [0, 0.1) is 5.82 Å². The van der Waals surface area contributed by atoms with Gasteiger partial charge in [0.25, 0.3) is 0 Å². The molecule has 0 saturated carbocycles. The first-order valence-corrected chi connectivity index (χ1v) is 7.79. The number of nitrogens with zero attached hydrogens (tertiary/aromatic N) is 2. The number of hydrogen-bond acceptors (Lipinski definition) is 4. The molecule has 1 amide bonds. The van der Waals surface area contributed by atoms with Crippen molar-refractivity contribution in [3.05, 3.63) is 77.6 Å². The molecule has 0 aliphatic rings. The maximum Gasteiger partial charge on any atom is 0.248 e. The first-order chi connectivity index (χ1) is 12.0. The van der Waals surface area contributed by atoms with Gasteiger partial charge >= 0.3 is 0 Å². The fraction of sp³-hybridized carbons (Fsp3) is 0.105. The Morgan fingerprint density at radius 2 is 1.84 bits per heavy atom. The predicted molar refractivity (Wildman–Crippen MR) is 94.4 cm³/mol.